The molecule has 0 spiro atoms. The largest absolute Gasteiger partial charge is 0.370 e. The van der Waals surface area contributed by atoms with Gasteiger partial charge in [0.15, 0.2) is 0 Å². The third-order valence-electron chi connectivity index (χ3n) is 3.10. The summed E-state index contributed by atoms with van der Waals surface area (Å²) in [4.78, 5) is 2.17. The van der Waals surface area contributed by atoms with Gasteiger partial charge in [-0.25, -0.2) is 0 Å². The molecule has 102 valence electrons. The molecule has 4 heteroatoms. The van der Waals surface area contributed by atoms with Crippen LogP contribution in [0.25, 0.3) is 0 Å². The number of rotatable bonds is 4. The van der Waals surface area contributed by atoms with Gasteiger partial charge in [0.1, 0.15) is 0 Å². The molecule has 0 heterocycles. The van der Waals surface area contributed by atoms with E-state index in [0.717, 1.165) is 27.6 Å². The van der Waals surface area contributed by atoms with Crippen LogP contribution in [0.4, 0.5) is 5.69 Å². The number of halogens is 2. The molecule has 0 bridgehead atoms. The highest BCUT2D eigenvalue weighted by Crippen LogP contribution is 2.26. The minimum absolute atomic E-state index is 0.701. The fourth-order valence-corrected chi connectivity index (χ4v) is 3.36. The van der Waals surface area contributed by atoms with Gasteiger partial charge in [0.05, 0.1) is 11.6 Å². The molecule has 0 fully saturated rings. The van der Waals surface area contributed by atoms with Crippen LogP contribution >= 0.6 is 31.9 Å². The summed E-state index contributed by atoms with van der Waals surface area (Å²) in [6.07, 6.45) is 0. The Morgan fingerprint density at radius 2 is 2.00 bits per heavy atom. The molecule has 2 aromatic rings. The topological polar surface area (TPSA) is 27.0 Å². The van der Waals surface area contributed by atoms with Crippen LogP contribution in [0.2, 0.25) is 0 Å². The second-order valence-electron chi connectivity index (χ2n) is 4.58. The van der Waals surface area contributed by atoms with Crippen LogP contribution < -0.4 is 4.90 Å². The fraction of sp³-hybridized carbons (Fsp3) is 0.188. The van der Waals surface area contributed by atoms with Crippen molar-refractivity contribution in [3.8, 4) is 6.07 Å². The Kier molecular flexibility index (Phi) is 5.22. The first-order chi connectivity index (χ1) is 9.63. The van der Waals surface area contributed by atoms with Crippen molar-refractivity contribution in [1.82, 2.24) is 0 Å². The van der Waals surface area contributed by atoms with E-state index in [1.54, 1.807) is 0 Å². The van der Waals surface area contributed by atoms with Crippen LogP contribution in [0.15, 0.2) is 46.9 Å². The average Bonchev–Trinajstić information content (AvgIpc) is 2.47. The van der Waals surface area contributed by atoms with Crippen LogP contribution in [0.3, 0.4) is 0 Å². The minimum atomic E-state index is 0.701. The molecule has 0 atom stereocenters. The Bertz CT molecular complexity index is 647. The molecule has 2 nitrogen and oxygen atoms in total. The number of hydrogen-bond donors (Lipinski definition) is 0. The molecule has 0 unspecified atom stereocenters. The van der Waals surface area contributed by atoms with E-state index < -0.39 is 0 Å². The van der Waals surface area contributed by atoms with E-state index in [1.165, 1.54) is 5.56 Å². The second-order valence-corrected chi connectivity index (χ2v) is 5.99. The van der Waals surface area contributed by atoms with Crippen molar-refractivity contribution in [2.24, 2.45) is 0 Å². The summed E-state index contributed by atoms with van der Waals surface area (Å²) in [5.74, 6) is 0. The molecule has 0 saturated carbocycles. The minimum Gasteiger partial charge on any atom is -0.370 e. The lowest BCUT2D eigenvalue weighted by Gasteiger charge is -2.20. The van der Waals surface area contributed by atoms with Crippen molar-refractivity contribution in [2.45, 2.75) is 11.9 Å². The third-order valence-corrected chi connectivity index (χ3v) is 4.44. The van der Waals surface area contributed by atoms with Crippen molar-refractivity contribution in [3.05, 3.63) is 63.6 Å². The van der Waals surface area contributed by atoms with E-state index in [1.807, 2.05) is 24.3 Å². The van der Waals surface area contributed by atoms with Crippen molar-refractivity contribution in [3.63, 3.8) is 0 Å². The predicted molar refractivity (Wildman–Crippen MR) is 90.0 cm³/mol. The highest BCUT2D eigenvalue weighted by molar-refractivity contribution is 9.10. The highest BCUT2D eigenvalue weighted by atomic mass is 79.9. The van der Waals surface area contributed by atoms with Gasteiger partial charge in [-0.05, 0) is 35.4 Å². The lowest BCUT2D eigenvalue weighted by Crippen LogP contribution is -2.16. The van der Waals surface area contributed by atoms with E-state index in [0.29, 0.717) is 5.56 Å². The lowest BCUT2D eigenvalue weighted by atomic mass is 10.1. The molecular formula is C16H14Br2N2. The van der Waals surface area contributed by atoms with E-state index in [2.05, 4.69) is 68.1 Å². The van der Waals surface area contributed by atoms with Crippen LogP contribution in [0.1, 0.15) is 16.7 Å². The summed E-state index contributed by atoms with van der Waals surface area (Å²) in [7, 11) is 2.05. The van der Waals surface area contributed by atoms with Gasteiger partial charge < -0.3 is 4.90 Å². The Morgan fingerprint density at radius 3 is 2.65 bits per heavy atom. The third kappa shape index (κ3) is 3.62. The summed E-state index contributed by atoms with van der Waals surface area (Å²) >= 11 is 7.05. The molecule has 0 amide bonds. The first-order valence-corrected chi connectivity index (χ1v) is 8.10. The first-order valence-electron chi connectivity index (χ1n) is 6.18. The molecule has 0 saturated heterocycles. The van der Waals surface area contributed by atoms with Gasteiger partial charge in [-0.1, -0.05) is 50.1 Å². The zero-order valence-corrected chi connectivity index (χ0v) is 14.3. The first kappa shape index (κ1) is 15.1. The molecule has 0 aliphatic rings. The smallest absolute Gasteiger partial charge is 0.0991 e. The van der Waals surface area contributed by atoms with Gasteiger partial charge in [-0.3, -0.25) is 0 Å². The number of anilines is 1. The molecule has 20 heavy (non-hydrogen) atoms. The molecule has 0 N–H and O–H groups in total. The van der Waals surface area contributed by atoms with Crippen molar-refractivity contribution < 1.29 is 0 Å². The van der Waals surface area contributed by atoms with Crippen LogP contribution in [0.5, 0.6) is 0 Å². The van der Waals surface area contributed by atoms with E-state index in [-0.39, 0.29) is 0 Å². The van der Waals surface area contributed by atoms with Crippen LogP contribution in [0, 0.1) is 11.3 Å². The lowest BCUT2D eigenvalue weighted by molar-refractivity contribution is 0.921. The molecular weight excluding hydrogens is 380 g/mol. The normalized spacial score (nSPS) is 10.1. The van der Waals surface area contributed by atoms with Gasteiger partial charge >= 0.3 is 0 Å². The Hall–Kier alpha value is -1.31. The summed E-state index contributed by atoms with van der Waals surface area (Å²) in [6, 6.07) is 16.2. The summed E-state index contributed by atoms with van der Waals surface area (Å²) < 4.78 is 1.10. The van der Waals surface area contributed by atoms with Gasteiger partial charge in [0.2, 0.25) is 0 Å². The average molecular weight is 394 g/mol. The molecule has 0 aromatic heterocycles. The molecule has 0 radical (unpaired) electrons. The summed E-state index contributed by atoms with van der Waals surface area (Å²) in [5.41, 5.74) is 4.21. The molecule has 2 aromatic carbocycles. The molecule has 2 rings (SSSR count). The monoisotopic (exact) mass is 392 g/mol. The zero-order valence-electron chi connectivity index (χ0n) is 11.1. The standard InChI is InChI=1S/C16H14Br2N2/c1-20(11-13-4-2-3-12(7-13)10-19)15-6-5-14(9-17)16(18)8-15/h2-8H,9,11H2,1H3. The van der Waals surface area contributed by atoms with E-state index in [9.17, 15) is 0 Å². The quantitative estimate of drug-likeness (QED) is 0.694. The van der Waals surface area contributed by atoms with Gasteiger partial charge in [0, 0.05) is 29.1 Å². The molecule has 0 aliphatic heterocycles. The maximum atomic E-state index is 8.93. The predicted octanol–water partition coefficient (Wildman–Crippen LogP) is 4.85. The number of nitrogens with zero attached hydrogens (tertiary/aromatic N) is 2. The SMILES string of the molecule is CN(Cc1cccc(C#N)c1)c1ccc(CBr)c(Br)c1. The Labute approximate surface area is 136 Å². The van der Waals surface area contributed by atoms with E-state index in [4.69, 9.17) is 5.26 Å². The summed E-state index contributed by atoms with van der Waals surface area (Å²) in [5, 5.41) is 9.77. The summed E-state index contributed by atoms with van der Waals surface area (Å²) in [6.45, 7) is 0.773. The maximum Gasteiger partial charge on any atom is 0.0991 e. The highest BCUT2D eigenvalue weighted by Gasteiger charge is 2.06. The van der Waals surface area contributed by atoms with Gasteiger partial charge in [0.25, 0.3) is 0 Å². The van der Waals surface area contributed by atoms with Gasteiger partial charge in [-0.15, -0.1) is 0 Å². The van der Waals surface area contributed by atoms with Crippen molar-refractivity contribution >= 4 is 37.5 Å². The molecule has 0 aliphatic carbocycles. The number of benzene rings is 2. The van der Waals surface area contributed by atoms with Crippen molar-refractivity contribution in [1.29, 1.82) is 5.26 Å². The fourth-order valence-electron chi connectivity index (χ4n) is 1.99. The van der Waals surface area contributed by atoms with Gasteiger partial charge in [-0.2, -0.15) is 5.26 Å². The number of alkyl halides is 1. The van der Waals surface area contributed by atoms with E-state index >= 15 is 0 Å². The van der Waals surface area contributed by atoms with Crippen LogP contribution in [-0.2, 0) is 11.9 Å². The maximum absolute atomic E-state index is 8.93. The van der Waals surface area contributed by atoms with Crippen LogP contribution in [-0.4, -0.2) is 7.05 Å². The Balaban J connectivity index is 2.17. The second kappa shape index (κ2) is 6.92. The Morgan fingerprint density at radius 1 is 1.20 bits per heavy atom. The number of nitriles is 1. The zero-order chi connectivity index (χ0) is 14.5. The number of hydrogen-bond acceptors (Lipinski definition) is 2. The van der Waals surface area contributed by atoms with Crippen molar-refractivity contribution in [2.75, 3.05) is 11.9 Å².